The molecule has 4 aromatic rings. The van der Waals surface area contributed by atoms with Gasteiger partial charge in [0.1, 0.15) is 12.2 Å². The van der Waals surface area contributed by atoms with E-state index < -0.39 is 21.6 Å². The lowest BCUT2D eigenvalue weighted by Crippen LogP contribution is -2.15. The number of benzene rings is 3. The van der Waals surface area contributed by atoms with Crippen LogP contribution in [0.5, 0.6) is 0 Å². The van der Waals surface area contributed by atoms with Crippen LogP contribution >= 0.6 is 0 Å². The largest absolute Gasteiger partial charge is 0.457 e. The van der Waals surface area contributed by atoms with Gasteiger partial charge in [0.2, 0.25) is 0 Å². The Morgan fingerprint density at radius 1 is 0.941 bits per heavy atom. The summed E-state index contributed by atoms with van der Waals surface area (Å²) in [6.45, 7) is 5.26. The summed E-state index contributed by atoms with van der Waals surface area (Å²) in [5.41, 5.74) is 3.31. The van der Waals surface area contributed by atoms with Gasteiger partial charge < -0.3 is 9.15 Å². The molecule has 7 nitrogen and oxygen atoms in total. The second kappa shape index (κ2) is 9.15. The molecule has 0 radical (unpaired) electrons. The Morgan fingerprint density at radius 2 is 1.71 bits per heavy atom. The quantitative estimate of drug-likeness (QED) is 0.314. The molecule has 8 heteroatoms. The van der Waals surface area contributed by atoms with Gasteiger partial charge in [-0.25, -0.2) is 18.0 Å². The van der Waals surface area contributed by atoms with Gasteiger partial charge >= 0.3 is 11.6 Å². The summed E-state index contributed by atoms with van der Waals surface area (Å²) in [4.78, 5) is 24.7. The van der Waals surface area contributed by atoms with E-state index in [1.807, 2.05) is 26.0 Å². The lowest BCUT2D eigenvalue weighted by molar-refractivity contribution is 0.0472. The highest BCUT2D eigenvalue weighted by Crippen LogP contribution is 2.23. The van der Waals surface area contributed by atoms with Crippen molar-refractivity contribution in [3.63, 3.8) is 0 Å². The number of esters is 1. The van der Waals surface area contributed by atoms with E-state index >= 15 is 0 Å². The van der Waals surface area contributed by atoms with Crippen molar-refractivity contribution in [1.82, 2.24) is 0 Å². The van der Waals surface area contributed by atoms with Gasteiger partial charge in [-0.1, -0.05) is 30.3 Å². The van der Waals surface area contributed by atoms with Gasteiger partial charge in [-0.15, -0.1) is 0 Å². The maximum atomic E-state index is 12.9. The third-order valence-corrected chi connectivity index (χ3v) is 6.73. The minimum absolute atomic E-state index is 0.0622. The number of carbonyl (C=O) groups excluding carboxylic acids is 1. The van der Waals surface area contributed by atoms with Crippen molar-refractivity contribution in [2.24, 2.45) is 0 Å². The van der Waals surface area contributed by atoms with Crippen LogP contribution in [-0.2, 0) is 21.4 Å². The molecule has 0 atom stereocenters. The van der Waals surface area contributed by atoms with Crippen molar-refractivity contribution in [1.29, 1.82) is 0 Å². The molecule has 0 aliphatic heterocycles. The standard InChI is InChI=1S/C26H23NO6S/c1-16-5-4-6-20(11-16)27-34(30,31)21-9-8-18(3)23(14-21)26(29)32-15-19-13-25(28)33-24-12-17(2)7-10-22(19)24/h4-14,27H,15H2,1-3H3. The molecule has 0 saturated heterocycles. The van der Waals surface area contributed by atoms with E-state index in [9.17, 15) is 18.0 Å². The zero-order valence-electron chi connectivity index (χ0n) is 18.9. The van der Waals surface area contributed by atoms with E-state index in [-0.39, 0.29) is 17.1 Å². The maximum absolute atomic E-state index is 12.9. The molecule has 0 amide bonds. The number of sulfonamides is 1. The number of carbonyl (C=O) groups is 1. The molecule has 0 saturated carbocycles. The monoisotopic (exact) mass is 477 g/mol. The molecule has 1 heterocycles. The first kappa shape index (κ1) is 23.3. The van der Waals surface area contributed by atoms with E-state index in [4.69, 9.17) is 9.15 Å². The lowest BCUT2D eigenvalue weighted by atomic mass is 10.1. The van der Waals surface area contributed by atoms with Crippen LogP contribution in [-0.4, -0.2) is 14.4 Å². The number of anilines is 1. The van der Waals surface area contributed by atoms with Gasteiger partial charge in [0, 0.05) is 22.7 Å². The Balaban J connectivity index is 1.58. The molecule has 0 aliphatic carbocycles. The van der Waals surface area contributed by atoms with Crippen molar-refractivity contribution in [2.75, 3.05) is 4.72 Å². The van der Waals surface area contributed by atoms with Crippen LogP contribution in [0.4, 0.5) is 5.69 Å². The first-order chi connectivity index (χ1) is 16.1. The molecule has 1 N–H and O–H groups in total. The molecular formula is C26H23NO6S. The second-order valence-electron chi connectivity index (χ2n) is 8.12. The Hall–Kier alpha value is -3.91. The van der Waals surface area contributed by atoms with Crippen molar-refractivity contribution < 1.29 is 22.4 Å². The number of fused-ring (bicyclic) bond motifs is 1. The Bertz CT molecular complexity index is 1570. The zero-order valence-corrected chi connectivity index (χ0v) is 19.7. The topological polar surface area (TPSA) is 103 Å². The van der Waals surface area contributed by atoms with Gasteiger partial charge in [0.25, 0.3) is 10.0 Å². The third-order valence-electron chi connectivity index (χ3n) is 5.35. The van der Waals surface area contributed by atoms with Gasteiger partial charge in [-0.05, 0) is 67.8 Å². The fourth-order valence-electron chi connectivity index (χ4n) is 3.59. The molecule has 34 heavy (non-hydrogen) atoms. The highest BCUT2D eigenvalue weighted by atomic mass is 32.2. The number of hydrogen-bond acceptors (Lipinski definition) is 6. The molecule has 4 rings (SSSR count). The van der Waals surface area contributed by atoms with E-state index in [0.717, 1.165) is 11.1 Å². The summed E-state index contributed by atoms with van der Waals surface area (Å²) in [7, 11) is -3.92. The SMILES string of the molecule is Cc1cccc(NS(=O)(=O)c2ccc(C)c(C(=O)OCc3cc(=O)oc4cc(C)ccc34)c2)c1. The highest BCUT2D eigenvalue weighted by molar-refractivity contribution is 7.92. The molecule has 0 spiro atoms. The minimum atomic E-state index is -3.92. The second-order valence-corrected chi connectivity index (χ2v) is 9.80. The van der Waals surface area contributed by atoms with E-state index in [2.05, 4.69) is 4.72 Å². The van der Waals surface area contributed by atoms with Crippen molar-refractivity contribution in [3.8, 4) is 0 Å². The van der Waals surface area contributed by atoms with Crippen LogP contribution in [0.1, 0.15) is 32.6 Å². The highest BCUT2D eigenvalue weighted by Gasteiger charge is 2.20. The average molecular weight is 478 g/mol. The Morgan fingerprint density at radius 3 is 2.47 bits per heavy atom. The maximum Gasteiger partial charge on any atom is 0.338 e. The summed E-state index contributed by atoms with van der Waals surface area (Å²) in [5.74, 6) is -0.696. The number of ether oxygens (including phenoxy) is 1. The normalized spacial score (nSPS) is 11.4. The molecular weight excluding hydrogens is 454 g/mol. The Kier molecular flexibility index (Phi) is 6.26. The summed E-state index contributed by atoms with van der Waals surface area (Å²) < 4.78 is 39.0. The minimum Gasteiger partial charge on any atom is -0.457 e. The summed E-state index contributed by atoms with van der Waals surface area (Å²) in [5, 5.41) is 0.661. The molecule has 0 aliphatic rings. The van der Waals surface area contributed by atoms with Crippen LogP contribution in [0.15, 0.2) is 80.8 Å². The number of aryl methyl sites for hydroxylation is 3. The number of hydrogen-bond donors (Lipinski definition) is 1. The molecule has 0 fully saturated rings. The van der Waals surface area contributed by atoms with Crippen molar-refractivity contribution in [2.45, 2.75) is 32.3 Å². The third kappa shape index (κ3) is 5.02. The Labute approximate surface area is 197 Å². The molecule has 0 bridgehead atoms. The van der Waals surface area contributed by atoms with Gasteiger partial charge in [-0.2, -0.15) is 0 Å². The fraction of sp³-hybridized carbons (Fsp3) is 0.154. The zero-order chi connectivity index (χ0) is 24.5. The van der Waals surface area contributed by atoms with Crippen LogP contribution in [0, 0.1) is 20.8 Å². The van der Waals surface area contributed by atoms with Gasteiger partial charge in [-0.3, -0.25) is 4.72 Å². The molecule has 3 aromatic carbocycles. The summed E-state index contributed by atoms with van der Waals surface area (Å²) in [6, 6.07) is 17.9. The lowest BCUT2D eigenvalue weighted by Gasteiger charge is -2.12. The molecule has 174 valence electrons. The van der Waals surface area contributed by atoms with Crippen LogP contribution in [0.25, 0.3) is 11.0 Å². The predicted octanol–water partition coefficient (Wildman–Crippen LogP) is 4.88. The van der Waals surface area contributed by atoms with Gasteiger partial charge in [0.05, 0.1) is 10.5 Å². The van der Waals surface area contributed by atoms with Crippen LogP contribution in [0.3, 0.4) is 0 Å². The fourth-order valence-corrected chi connectivity index (χ4v) is 4.66. The first-order valence-corrected chi connectivity index (χ1v) is 12.0. The van der Waals surface area contributed by atoms with E-state index in [1.54, 1.807) is 43.3 Å². The van der Waals surface area contributed by atoms with Crippen molar-refractivity contribution in [3.05, 3.63) is 105 Å². The van der Waals surface area contributed by atoms with Crippen LogP contribution < -0.4 is 10.3 Å². The van der Waals surface area contributed by atoms with E-state index in [0.29, 0.717) is 27.8 Å². The van der Waals surface area contributed by atoms with Gasteiger partial charge in [0.15, 0.2) is 0 Å². The average Bonchev–Trinajstić information content (AvgIpc) is 2.76. The van der Waals surface area contributed by atoms with Crippen molar-refractivity contribution >= 4 is 32.6 Å². The molecule has 0 unspecified atom stereocenters. The van der Waals surface area contributed by atoms with E-state index in [1.165, 1.54) is 18.2 Å². The predicted molar refractivity (Wildman–Crippen MR) is 130 cm³/mol. The summed E-state index contributed by atoms with van der Waals surface area (Å²) >= 11 is 0. The number of nitrogens with one attached hydrogen (secondary N) is 1. The van der Waals surface area contributed by atoms with Crippen LogP contribution in [0.2, 0.25) is 0 Å². The number of rotatable bonds is 6. The molecule has 1 aromatic heterocycles. The first-order valence-electron chi connectivity index (χ1n) is 10.5. The smallest absolute Gasteiger partial charge is 0.338 e. The summed E-state index contributed by atoms with van der Waals surface area (Å²) in [6.07, 6.45) is 0.